The number of esters is 1. The summed E-state index contributed by atoms with van der Waals surface area (Å²) in [6.45, 7) is 3.52. The Balaban J connectivity index is 1.31. The predicted octanol–water partition coefficient (Wildman–Crippen LogP) is 6.73. The number of halogens is 2. The molecule has 4 aliphatic carbocycles. The molecule has 226 valence electrons. The first-order chi connectivity index (χ1) is 20.5. The van der Waals surface area contributed by atoms with Gasteiger partial charge < -0.3 is 9.84 Å². The van der Waals surface area contributed by atoms with E-state index in [1.165, 1.54) is 12.2 Å². The van der Waals surface area contributed by atoms with E-state index >= 15 is 4.39 Å². The average Bonchev–Trinajstić information content (AvgIpc) is 3.27. The van der Waals surface area contributed by atoms with Gasteiger partial charge in [0.25, 0.3) is 0 Å². The fourth-order valence-electron chi connectivity index (χ4n) is 8.72. The number of benzene rings is 2. The molecule has 0 aliphatic heterocycles. The summed E-state index contributed by atoms with van der Waals surface area (Å²) in [4.78, 5) is 39.5. The van der Waals surface area contributed by atoms with Crippen molar-refractivity contribution in [2.75, 3.05) is 6.01 Å². The van der Waals surface area contributed by atoms with E-state index in [1.54, 1.807) is 32.1 Å². The molecule has 0 radical (unpaired) electrons. The van der Waals surface area contributed by atoms with Crippen LogP contribution in [0.25, 0.3) is 0 Å². The first-order valence-corrected chi connectivity index (χ1v) is 15.9. The molecule has 0 saturated heterocycles. The summed E-state index contributed by atoms with van der Waals surface area (Å²) >= 11 is 0.454. The standard InChI is InChI=1S/C35H36F2O5S/c1-32-16-14-26(38)19-25(32)12-13-28-27-15-17-34(31(41)43-21-36,33(27,2)20-29(39)35(28,32)37)42-30(40)24-10-8-23(9-11-24)18-22-6-4-3-5-7-22/h3-11,14,16,19,27-29,39H,12-13,15,17-18,20-21H2,1-2H3/t27?,28?,29-,32-,33-,34-,35?/m0/s1. The lowest BCUT2D eigenvalue weighted by atomic mass is 9.45. The van der Waals surface area contributed by atoms with E-state index in [2.05, 4.69) is 0 Å². The van der Waals surface area contributed by atoms with Crippen LogP contribution < -0.4 is 0 Å². The number of ether oxygens (including phenoxy) is 1. The number of hydrogen-bond donors (Lipinski definition) is 1. The van der Waals surface area contributed by atoms with Crippen LogP contribution in [0, 0.1) is 22.7 Å². The number of carbonyl (C=O) groups excluding carboxylic acids is 3. The number of allylic oxidation sites excluding steroid dienone is 4. The Morgan fingerprint density at radius 1 is 1.02 bits per heavy atom. The van der Waals surface area contributed by atoms with Gasteiger partial charge in [-0.15, -0.1) is 0 Å². The van der Waals surface area contributed by atoms with Crippen molar-refractivity contribution in [1.29, 1.82) is 0 Å². The third kappa shape index (κ3) is 4.47. The highest BCUT2D eigenvalue weighted by Crippen LogP contribution is 2.70. The molecule has 0 amide bonds. The summed E-state index contributed by atoms with van der Waals surface area (Å²) in [6.07, 6.45) is 4.84. The van der Waals surface area contributed by atoms with Crippen LogP contribution in [-0.4, -0.2) is 45.4 Å². The maximum atomic E-state index is 17.5. The largest absolute Gasteiger partial charge is 0.446 e. The van der Waals surface area contributed by atoms with Crippen molar-refractivity contribution in [3.05, 3.63) is 95.1 Å². The zero-order valence-corrected chi connectivity index (χ0v) is 25.2. The van der Waals surface area contributed by atoms with Gasteiger partial charge in [0, 0.05) is 16.7 Å². The minimum atomic E-state index is -2.08. The molecule has 0 bridgehead atoms. The van der Waals surface area contributed by atoms with Crippen LogP contribution in [0.1, 0.15) is 67.4 Å². The van der Waals surface area contributed by atoms with E-state index in [-0.39, 0.29) is 24.2 Å². The molecular formula is C35H36F2O5S. The van der Waals surface area contributed by atoms with E-state index < -0.39 is 57.1 Å². The van der Waals surface area contributed by atoms with Crippen molar-refractivity contribution in [3.8, 4) is 0 Å². The second-order valence-corrected chi connectivity index (χ2v) is 13.8. The Bertz CT molecular complexity index is 1510. The minimum absolute atomic E-state index is 0.116. The average molecular weight is 607 g/mol. The quantitative estimate of drug-likeness (QED) is 0.368. The molecule has 3 fully saturated rings. The lowest BCUT2D eigenvalue weighted by Gasteiger charge is -2.62. The van der Waals surface area contributed by atoms with Gasteiger partial charge in [-0.1, -0.05) is 61.0 Å². The third-order valence-electron chi connectivity index (χ3n) is 11.0. The first-order valence-electron chi connectivity index (χ1n) is 14.9. The van der Waals surface area contributed by atoms with Crippen molar-refractivity contribution in [3.63, 3.8) is 0 Å². The fraction of sp³-hybridized carbons (Fsp3) is 0.457. The fourth-order valence-corrected chi connectivity index (χ4v) is 9.43. The Morgan fingerprint density at radius 3 is 2.42 bits per heavy atom. The zero-order chi connectivity index (χ0) is 30.6. The van der Waals surface area contributed by atoms with Crippen LogP contribution in [0.2, 0.25) is 0 Å². The van der Waals surface area contributed by atoms with Crippen LogP contribution in [0.5, 0.6) is 0 Å². The number of hydrogen-bond acceptors (Lipinski definition) is 6. The molecule has 4 aliphatic rings. The molecule has 0 spiro atoms. The first kappa shape index (κ1) is 29.9. The highest BCUT2D eigenvalue weighted by Gasteiger charge is 2.75. The zero-order valence-electron chi connectivity index (χ0n) is 24.4. The topological polar surface area (TPSA) is 80.7 Å². The van der Waals surface area contributed by atoms with Crippen molar-refractivity contribution >= 4 is 28.6 Å². The second kappa shape index (κ2) is 10.8. The molecule has 6 rings (SSSR count). The van der Waals surface area contributed by atoms with Crippen LogP contribution in [0.4, 0.5) is 8.78 Å². The summed E-state index contributed by atoms with van der Waals surface area (Å²) in [5.74, 6) is -1.96. The Labute approximate surface area is 254 Å². The SMILES string of the molecule is C[C@]12C=CC(=O)C=C1CCC1C3CC[C@](OC(=O)c4ccc(Cc5ccccc5)cc4)(C(=O)SCF)[C@@]3(C)C[C@H](O)C12F. The monoisotopic (exact) mass is 606 g/mol. The number of aliphatic hydroxyl groups is 1. The van der Waals surface area contributed by atoms with Crippen LogP contribution in [-0.2, 0) is 20.7 Å². The molecule has 3 saturated carbocycles. The molecule has 7 atom stereocenters. The Kier molecular flexibility index (Phi) is 7.53. The molecular weight excluding hydrogens is 570 g/mol. The van der Waals surface area contributed by atoms with Gasteiger partial charge in [0.2, 0.25) is 5.12 Å². The van der Waals surface area contributed by atoms with Crippen LogP contribution >= 0.6 is 11.8 Å². The lowest BCUT2D eigenvalue weighted by Crippen LogP contribution is -2.69. The van der Waals surface area contributed by atoms with Crippen molar-refractivity contribution in [2.24, 2.45) is 22.7 Å². The predicted molar refractivity (Wildman–Crippen MR) is 161 cm³/mol. The summed E-state index contributed by atoms with van der Waals surface area (Å²) in [5.41, 5.74) is -3.06. The number of rotatable bonds is 6. The summed E-state index contributed by atoms with van der Waals surface area (Å²) in [7, 11) is 0. The molecule has 3 unspecified atom stereocenters. The van der Waals surface area contributed by atoms with Crippen LogP contribution in [0.3, 0.4) is 0 Å². The number of alkyl halides is 2. The van der Waals surface area contributed by atoms with E-state index in [1.807, 2.05) is 42.5 Å². The maximum Gasteiger partial charge on any atom is 0.339 e. The van der Waals surface area contributed by atoms with Gasteiger partial charge in [-0.2, -0.15) is 0 Å². The van der Waals surface area contributed by atoms with Crippen molar-refractivity contribution < 1.29 is 33.0 Å². The molecule has 5 nitrogen and oxygen atoms in total. The van der Waals surface area contributed by atoms with E-state index in [0.29, 0.717) is 43.0 Å². The van der Waals surface area contributed by atoms with Gasteiger partial charge in [-0.25, -0.2) is 13.6 Å². The molecule has 1 N–H and O–H groups in total. The molecule has 0 aromatic heterocycles. The minimum Gasteiger partial charge on any atom is -0.446 e. The van der Waals surface area contributed by atoms with Gasteiger partial charge in [0.05, 0.1) is 11.7 Å². The van der Waals surface area contributed by atoms with Gasteiger partial charge in [-0.3, -0.25) is 9.59 Å². The summed E-state index contributed by atoms with van der Waals surface area (Å²) in [5, 5.41) is 11.0. The van der Waals surface area contributed by atoms with E-state index in [9.17, 15) is 23.9 Å². The normalized spacial score (nSPS) is 36.3. The van der Waals surface area contributed by atoms with Crippen LogP contribution in [0.15, 0.2) is 78.4 Å². The number of aliphatic hydroxyl groups excluding tert-OH is 1. The third-order valence-corrected chi connectivity index (χ3v) is 11.7. The highest BCUT2D eigenvalue weighted by atomic mass is 32.2. The maximum absolute atomic E-state index is 17.5. The number of carbonyl (C=O) groups is 3. The Morgan fingerprint density at radius 2 is 1.72 bits per heavy atom. The number of fused-ring (bicyclic) bond motifs is 5. The van der Waals surface area contributed by atoms with Gasteiger partial charge in [0.15, 0.2) is 17.1 Å². The number of thioether (sulfide) groups is 1. The smallest absolute Gasteiger partial charge is 0.339 e. The van der Waals surface area contributed by atoms with Crippen molar-refractivity contribution in [1.82, 2.24) is 0 Å². The highest BCUT2D eigenvalue weighted by molar-refractivity contribution is 8.13. The molecule has 2 aromatic rings. The van der Waals surface area contributed by atoms with E-state index in [4.69, 9.17) is 4.74 Å². The molecule has 8 heteroatoms. The molecule has 2 aromatic carbocycles. The van der Waals surface area contributed by atoms with E-state index in [0.717, 1.165) is 11.1 Å². The number of ketones is 1. The van der Waals surface area contributed by atoms with Crippen molar-refractivity contribution in [2.45, 2.75) is 69.7 Å². The van der Waals surface area contributed by atoms with Gasteiger partial charge in [0.1, 0.15) is 6.01 Å². The Hall–Kier alpha value is -3.10. The summed E-state index contributed by atoms with van der Waals surface area (Å²) in [6, 6.07) is 15.9. The van der Waals surface area contributed by atoms with Gasteiger partial charge in [-0.05, 0) is 98.5 Å². The lowest BCUT2D eigenvalue weighted by molar-refractivity contribution is -0.214. The second-order valence-electron chi connectivity index (χ2n) is 12.9. The molecule has 0 heterocycles. The van der Waals surface area contributed by atoms with Gasteiger partial charge >= 0.3 is 5.97 Å². The summed E-state index contributed by atoms with van der Waals surface area (Å²) < 4.78 is 37.3. The molecule has 43 heavy (non-hydrogen) atoms.